The molecule has 7 aromatic rings. The second-order valence-corrected chi connectivity index (χ2v) is 11.4. The summed E-state index contributed by atoms with van der Waals surface area (Å²) in [4.78, 5) is 24.2. The SMILES string of the molecule is CN(C)CCNc1cc(F)cc(-c2ccnc3[nH]c(-c4n[nH]c5ccc(-c6cncc(CNCc7ccccc7)c6)nc45)nc23)c1. The monoisotopic (exact) mass is 612 g/mol. The third-order valence-corrected chi connectivity index (χ3v) is 7.71. The third-order valence-electron chi connectivity index (χ3n) is 7.71. The molecule has 0 aliphatic carbocycles. The van der Waals surface area contributed by atoms with Crippen molar-refractivity contribution in [3.8, 4) is 33.9 Å². The number of benzene rings is 2. The van der Waals surface area contributed by atoms with E-state index in [0.717, 1.165) is 41.0 Å². The first-order valence-electron chi connectivity index (χ1n) is 15.1. The number of halogens is 1. The maximum atomic E-state index is 14.7. The van der Waals surface area contributed by atoms with Gasteiger partial charge >= 0.3 is 0 Å². The Hall–Kier alpha value is -5.52. The van der Waals surface area contributed by atoms with Gasteiger partial charge in [0.25, 0.3) is 0 Å². The van der Waals surface area contributed by atoms with Crippen LogP contribution in [-0.4, -0.2) is 67.2 Å². The van der Waals surface area contributed by atoms with Gasteiger partial charge in [0.05, 0.1) is 11.2 Å². The summed E-state index contributed by atoms with van der Waals surface area (Å²) in [6.45, 7) is 2.98. The lowest BCUT2D eigenvalue weighted by molar-refractivity contribution is 0.425. The van der Waals surface area contributed by atoms with Crippen LogP contribution in [0.3, 0.4) is 0 Å². The molecule has 2 aromatic carbocycles. The molecule has 0 unspecified atom stereocenters. The summed E-state index contributed by atoms with van der Waals surface area (Å²) < 4.78 is 14.7. The molecular weight excluding hydrogens is 579 g/mol. The molecule has 0 bridgehead atoms. The summed E-state index contributed by atoms with van der Waals surface area (Å²) in [5, 5.41) is 14.4. The van der Waals surface area contributed by atoms with E-state index in [-0.39, 0.29) is 5.82 Å². The second-order valence-electron chi connectivity index (χ2n) is 11.4. The fourth-order valence-corrected chi connectivity index (χ4v) is 5.42. The van der Waals surface area contributed by atoms with E-state index in [1.165, 1.54) is 17.7 Å². The first kappa shape index (κ1) is 29.2. The Balaban J connectivity index is 1.17. The molecule has 0 fully saturated rings. The highest BCUT2D eigenvalue weighted by atomic mass is 19.1. The molecule has 46 heavy (non-hydrogen) atoms. The summed E-state index contributed by atoms with van der Waals surface area (Å²) in [5.74, 6) is 0.190. The number of fused-ring (bicyclic) bond motifs is 2. The van der Waals surface area contributed by atoms with Crippen LogP contribution in [0, 0.1) is 5.82 Å². The Morgan fingerprint density at radius 2 is 1.72 bits per heavy atom. The molecular formula is C35H33FN10. The average Bonchev–Trinajstić information content (AvgIpc) is 3.69. The Morgan fingerprint density at radius 1 is 0.848 bits per heavy atom. The van der Waals surface area contributed by atoms with Crippen molar-refractivity contribution >= 4 is 27.9 Å². The predicted octanol–water partition coefficient (Wildman–Crippen LogP) is 6.03. The van der Waals surface area contributed by atoms with Gasteiger partial charge in [-0.1, -0.05) is 30.3 Å². The van der Waals surface area contributed by atoms with Crippen molar-refractivity contribution in [3.05, 3.63) is 108 Å². The number of pyridine rings is 3. The maximum Gasteiger partial charge on any atom is 0.162 e. The quantitative estimate of drug-likeness (QED) is 0.140. The minimum absolute atomic E-state index is 0.328. The van der Waals surface area contributed by atoms with E-state index in [1.54, 1.807) is 6.20 Å². The van der Waals surface area contributed by atoms with Crippen LogP contribution in [0.4, 0.5) is 10.1 Å². The molecule has 4 N–H and O–H groups in total. The molecule has 5 heterocycles. The zero-order valence-electron chi connectivity index (χ0n) is 25.5. The summed E-state index contributed by atoms with van der Waals surface area (Å²) >= 11 is 0. The number of aromatic nitrogens is 7. The van der Waals surface area contributed by atoms with Crippen molar-refractivity contribution in [3.63, 3.8) is 0 Å². The van der Waals surface area contributed by atoms with Crippen molar-refractivity contribution in [2.24, 2.45) is 0 Å². The topological polar surface area (TPSA) is 123 Å². The fourth-order valence-electron chi connectivity index (χ4n) is 5.42. The van der Waals surface area contributed by atoms with E-state index < -0.39 is 0 Å². The van der Waals surface area contributed by atoms with Gasteiger partial charge in [-0.3, -0.25) is 10.1 Å². The number of hydrogen-bond donors (Lipinski definition) is 4. The fraction of sp³-hybridized carbons (Fsp3) is 0.171. The van der Waals surface area contributed by atoms with Crippen LogP contribution in [0.15, 0.2) is 91.4 Å². The standard InChI is InChI=1S/C35H33FN10/c1-46(2)13-12-39-27-16-24(15-26(36)17-27)28-10-11-40-34-31(28)42-35(43-34)33-32-30(44-45-33)9-8-29(41-32)25-14-23(20-38-21-25)19-37-18-22-6-4-3-5-7-22/h3-11,14-17,20-21,37,39H,12-13,18-19H2,1-2H3,(H,44,45)(H,40,42,43). The van der Waals surface area contributed by atoms with E-state index in [9.17, 15) is 4.39 Å². The van der Waals surface area contributed by atoms with Crippen molar-refractivity contribution in [2.45, 2.75) is 13.1 Å². The van der Waals surface area contributed by atoms with Gasteiger partial charge in [-0.05, 0) is 73.3 Å². The summed E-state index contributed by atoms with van der Waals surface area (Å²) in [5.41, 5.74) is 9.36. The van der Waals surface area contributed by atoms with Crippen molar-refractivity contribution in [2.75, 3.05) is 32.5 Å². The lowest BCUT2D eigenvalue weighted by Crippen LogP contribution is -2.20. The van der Waals surface area contributed by atoms with Crippen molar-refractivity contribution in [1.29, 1.82) is 0 Å². The molecule has 230 valence electrons. The maximum absolute atomic E-state index is 14.7. The van der Waals surface area contributed by atoms with Crippen LogP contribution in [0.2, 0.25) is 0 Å². The number of nitrogens with one attached hydrogen (secondary N) is 4. The smallest absolute Gasteiger partial charge is 0.162 e. The molecule has 0 saturated heterocycles. The third kappa shape index (κ3) is 6.32. The first-order chi connectivity index (χ1) is 22.5. The molecule has 0 aliphatic heterocycles. The average molecular weight is 613 g/mol. The largest absolute Gasteiger partial charge is 0.384 e. The van der Waals surface area contributed by atoms with Gasteiger partial charge in [-0.25, -0.2) is 19.3 Å². The molecule has 0 radical (unpaired) electrons. The van der Waals surface area contributed by atoms with Crippen LogP contribution < -0.4 is 10.6 Å². The van der Waals surface area contributed by atoms with Crippen LogP contribution in [0.5, 0.6) is 0 Å². The van der Waals surface area contributed by atoms with E-state index in [0.29, 0.717) is 52.5 Å². The molecule has 5 aromatic heterocycles. The Labute approximate surface area is 265 Å². The molecule has 0 atom stereocenters. The minimum atomic E-state index is -0.328. The molecule has 0 spiro atoms. The normalized spacial score (nSPS) is 11.6. The van der Waals surface area contributed by atoms with Crippen molar-refractivity contribution in [1.82, 2.24) is 45.3 Å². The number of anilines is 1. The predicted molar refractivity (Wildman–Crippen MR) is 179 cm³/mol. The summed E-state index contributed by atoms with van der Waals surface area (Å²) in [7, 11) is 4.00. The van der Waals surface area contributed by atoms with Gasteiger partial charge in [0.1, 0.15) is 16.9 Å². The number of imidazole rings is 1. The number of aromatic amines is 2. The molecule has 0 aliphatic rings. The Bertz CT molecular complexity index is 2120. The lowest BCUT2D eigenvalue weighted by Gasteiger charge is -2.12. The second kappa shape index (κ2) is 12.8. The van der Waals surface area contributed by atoms with Gasteiger partial charge < -0.3 is 20.5 Å². The molecule has 0 amide bonds. The number of hydrogen-bond acceptors (Lipinski definition) is 8. The van der Waals surface area contributed by atoms with E-state index in [2.05, 4.69) is 58.9 Å². The van der Waals surface area contributed by atoms with Gasteiger partial charge in [0.15, 0.2) is 17.2 Å². The van der Waals surface area contributed by atoms with Gasteiger partial charge in [-0.15, -0.1) is 0 Å². The highest BCUT2D eigenvalue weighted by Crippen LogP contribution is 2.32. The van der Waals surface area contributed by atoms with Crippen molar-refractivity contribution < 1.29 is 4.39 Å². The molecule has 0 saturated carbocycles. The zero-order chi connectivity index (χ0) is 31.5. The highest BCUT2D eigenvalue weighted by Gasteiger charge is 2.18. The van der Waals surface area contributed by atoms with E-state index in [4.69, 9.17) is 9.97 Å². The van der Waals surface area contributed by atoms with Crippen LogP contribution in [0.1, 0.15) is 11.1 Å². The molecule has 11 heteroatoms. The minimum Gasteiger partial charge on any atom is -0.384 e. The summed E-state index contributed by atoms with van der Waals surface area (Å²) in [6.07, 6.45) is 5.37. The number of rotatable bonds is 11. The highest BCUT2D eigenvalue weighted by molar-refractivity contribution is 5.95. The summed E-state index contributed by atoms with van der Waals surface area (Å²) in [6, 6.07) is 23.1. The van der Waals surface area contributed by atoms with Crippen LogP contribution in [-0.2, 0) is 13.1 Å². The number of nitrogens with zero attached hydrogens (tertiary/aromatic N) is 6. The number of H-pyrrole nitrogens is 2. The van der Waals surface area contributed by atoms with Crippen LogP contribution in [0.25, 0.3) is 56.1 Å². The zero-order valence-corrected chi connectivity index (χ0v) is 25.5. The first-order valence-corrected chi connectivity index (χ1v) is 15.1. The van der Waals surface area contributed by atoms with Gasteiger partial charge in [0, 0.05) is 61.6 Å². The van der Waals surface area contributed by atoms with E-state index >= 15 is 0 Å². The van der Waals surface area contributed by atoms with Gasteiger partial charge in [0.2, 0.25) is 0 Å². The van der Waals surface area contributed by atoms with Gasteiger partial charge in [-0.2, -0.15) is 5.10 Å². The Morgan fingerprint density at radius 3 is 2.59 bits per heavy atom. The molecule has 7 rings (SSSR count). The van der Waals surface area contributed by atoms with Crippen LogP contribution >= 0.6 is 0 Å². The number of likely N-dealkylation sites (N-methyl/N-ethyl adjacent to an activating group) is 1. The van der Waals surface area contributed by atoms with E-state index in [1.807, 2.05) is 69.0 Å². The lowest BCUT2D eigenvalue weighted by atomic mass is 10.0. The molecule has 10 nitrogen and oxygen atoms in total. The Kier molecular flexibility index (Phi) is 8.15.